The Balaban J connectivity index is 1.98. The number of benzene rings is 2. The molecule has 0 radical (unpaired) electrons. The summed E-state index contributed by atoms with van der Waals surface area (Å²) in [5, 5.41) is 70.2. The van der Waals surface area contributed by atoms with E-state index >= 15 is 0 Å². The zero-order valence-electron chi connectivity index (χ0n) is 16.1. The molecule has 10 heteroatoms. The Labute approximate surface area is 174 Å². The minimum atomic E-state index is -1.68. The summed E-state index contributed by atoms with van der Waals surface area (Å²) in [5.74, 6) is -2.07. The predicted molar refractivity (Wildman–Crippen MR) is 106 cm³/mol. The lowest BCUT2D eigenvalue weighted by atomic mass is 9.90. The van der Waals surface area contributed by atoms with E-state index in [-0.39, 0.29) is 33.6 Å². The molecular weight excluding hydrogens is 412 g/mol. The third kappa shape index (κ3) is 3.35. The van der Waals surface area contributed by atoms with Gasteiger partial charge in [-0.1, -0.05) is 0 Å². The molecule has 0 aliphatic carbocycles. The molecule has 7 N–H and O–H groups in total. The highest BCUT2D eigenvalue weighted by Gasteiger charge is 2.44. The molecule has 0 bridgehead atoms. The van der Waals surface area contributed by atoms with Crippen LogP contribution in [0.25, 0.3) is 22.3 Å². The lowest BCUT2D eigenvalue weighted by Gasteiger charge is -2.39. The summed E-state index contributed by atoms with van der Waals surface area (Å²) in [4.78, 5) is 12.7. The van der Waals surface area contributed by atoms with Crippen molar-refractivity contribution < 1.29 is 44.9 Å². The topological polar surface area (TPSA) is 181 Å². The molecule has 0 saturated carbocycles. The average Bonchev–Trinajstić information content (AvgIpc) is 2.71. The van der Waals surface area contributed by atoms with E-state index in [1.807, 2.05) is 0 Å². The second-order valence-corrected chi connectivity index (χ2v) is 7.44. The molecule has 1 fully saturated rings. The maximum absolute atomic E-state index is 12.7. The number of phenols is 4. The van der Waals surface area contributed by atoms with Crippen LogP contribution in [-0.4, -0.2) is 60.2 Å². The standard InChI is InChI=1S/C21H20O10/c1-7-17(27)18(28)19(29)21(30-7)16-12(25)5-11(24)15-13(26)6-14(31-20(15)16)8-2-3-9(22)10(23)4-8/h2-7,17-19,21-25,27-29H,1H3. The zero-order chi connectivity index (χ0) is 22.6. The molecule has 5 atom stereocenters. The fourth-order valence-electron chi connectivity index (χ4n) is 3.71. The number of fused-ring (bicyclic) bond motifs is 1. The molecule has 1 aliphatic heterocycles. The van der Waals surface area contributed by atoms with Gasteiger partial charge in [0.2, 0.25) is 0 Å². The third-order valence-electron chi connectivity index (χ3n) is 5.39. The molecular formula is C21H20O10. The second-order valence-electron chi connectivity index (χ2n) is 7.44. The summed E-state index contributed by atoms with van der Waals surface area (Å²) >= 11 is 0. The van der Waals surface area contributed by atoms with E-state index in [4.69, 9.17) is 9.15 Å². The van der Waals surface area contributed by atoms with Gasteiger partial charge in [0.15, 0.2) is 22.5 Å². The molecule has 2 aromatic carbocycles. The van der Waals surface area contributed by atoms with Crippen molar-refractivity contribution in [1.82, 2.24) is 0 Å². The van der Waals surface area contributed by atoms with Crippen molar-refractivity contribution in [3.05, 3.63) is 46.1 Å². The fraction of sp³-hybridized carbons (Fsp3) is 0.286. The smallest absolute Gasteiger partial charge is 0.197 e. The summed E-state index contributed by atoms with van der Waals surface area (Å²) < 4.78 is 11.3. The Morgan fingerprint density at radius 3 is 2.19 bits per heavy atom. The molecule has 1 saturated heterocycles. The van der Waals surface area contributed by atoms with E-state index in [0.717, 1.165) is 18.2 Å². The Morgan fingerprint density at radius 2 is 1.52 bits per heavy atom. The maximum atomic E-state index is 12.7. The van der Waals surface area contributed by atoms with Crippen LogP contribution in [0.2, 0.25) is 0 Å². The lowest BCUT2D eigenvalue weighted by Crippen LogP contribution is -2.53. The van der Waals surface area contributed by atoms with Gasteiger partial charge in [-0.2, -0.15) is 0 Å². The van der Waals surface area contributed by atoms with Crippen LogP contribution < -0.4 is 5.43 Å². The van der Waals surface area contributed by atoms with Gasteiger partial charge in [0.05, 0.1) is 11.7 Å². The Hall–Kier alpha value is -3.31. The summed E-state index contributed by atoms with van der Waals surface area (Å²) in [6, 6.07) is 5.64. The van der Waals surface area contributed by atoms with Gasteiger partial charge in [-0.15, -0.1) is 0 Å². The van der Waals surface area contributed by atoms with Crippen LogP contribution in [0.3, 0.4) is 0 Å². The van der Waals surface area contributed by atoms with Crippen molar-refractivity contribution in [1.29, 1.82) is 0 Å². The molecule has 2 heterocycles. The van der Waals surface area contributed by atoms with Crippen LogP contribution in [-0.2, 0) is 4.74 Å². The van der Waals surface area contributed by atoms with Gasteiger partial charge >= 0.3 is 0 Å². The van der Waals surface area contributed by atoms with Crippen LogP contribution in [0.1, 0.15) is 18.6 Å². The quantitative estimate of drug-likeness (QED) is 0.286. The summed E-state index contributed by atoms with van der Waals surface area (Å²) in [6.45, 7) is 1.45. The van der Waals surface area contributed by atoms with Crippen molar-refractivity contribution >= 4 is 11.0 Å². The van der Waals surface area contributed by atoms with E-state index in [9.17, 15) is 40.5 Å². The first-order valence-corrected chi connectivity index (χ1v) is 9.34. The second kappa shape index (κ2) is 7.43. The monoisotopic (exact) mass is 432 g/mol. The van der Waals surface area contributed by atoms with Gasteiger partial charge in [0, 0.05) is 17.7 Å². The van der Waals surface area contributed by atoms with Crippen molar-refractivity contribution in [2.45, 2.75) is 37.4 Å². The van der Waals surface area contributed by atoms with Crippen molar-refractivity contribution in [2.24, 2.45) is 0 Å². The lowest BCUT2D eigenvalue weighted by molar-refractivity contribution is -0.219. The minimum Gasteiger partial charge on any atom is -0.507 e. The molecule has 5 unspecified atom stereocenters. The van der Waals surface area contributed by atoms with Crippen molar-refractivity contribution in [3.8, 4) is 34.3 Å². The number of hydrogen-bond acceptors (Lipinski definition) is 10. The van der Waals surface area contributed by atoms with E-state index in [1.54, 1.807) is 0 Å². The summed E-state index contributed by atoms with van der Waals surface area (Å²) in [6.07, 6.45) is -7.02. The van der Waals surface area contributed by atoms with Crippen LogP contribution in [0.15, 0.2) is 39.5 Å². The highest BCUT2D eigenvalue weighted by atomic mass is 16.5. The van der Waals surface area contributed by atoms with Gasteiger partial charge < -0.3 is 44.9 Å². The third-order valence-corrected chi connectivity index (χ3v) is 5.39. The molecule has 4 rings (SSSR count). The number of aromatic hydroxyl groups is 4. The number of hydrogen-bond donors (Lipinski definition) is 7. The maximum Gasteiger partial charge on any atom is 0.197 e. The molecule has 10 nitrogen and oxygen atoms in total. The number of rotatable bonds is 2. The molecule has 164 valence electrons. The van der Waals surface area contributed by atoms with Crippen LogP contribution in [0, 0.1) is 0 Å². The van der Waals surface area contributed by atoms with Crippen molar-refractivity contribution in [3.63, 3.8) is 0 Å². The highest BCUT2D eigenvalue weighted by molar-refractivity contribution is 5.89. The zero-order valence-corrected chi connectivity index (χ0v) is 16.1. The summed E-state index contributed by atoms with van der Waals surface area (Å²) in [5.41, 5.74) is -1.01. The van der Waals surface area contributed by atoms with E-state index in [0.29, 0.717) is 0 Å². The van der Waals surface area contributed by atoms with Gasteiger partial charge in [0.1, 0.15) is 47.1 Å². The van der Waals surface area contributed by atoms with E-state index in [1.165, 1.54) is 19.1 Å². The van der Waals surface area contributed by atoms with Crippen LogP contribution in [0.4, 0.5) is 0 Å². The predicted octanol–water partition coefficient (Wildman–Crippen LogP) is 0.825. The van der Waals surface area contributed by atoms with Crippen LogP contribution in [0.5, 0.6) is 23.0 Å². The molecule has 0 spiro atoms. The van der Waals surface area contributed by atoms with Gasteiger partial charge in [-0.05, 0) is 25.1 Å². The first-order valence-electron chi connectivity index (χ1n) is 9.34. The highest BCUT2D eigenvalue weighted by Crippen LogP contribution is 2.43. The SMILES string of the molecule is CC1OC(c2c(O)cc(O)c3c(=O)cc(-c4ccc(O)c(O)c4)oc23)C(O)C(O)C1O. The number of aliphatic hydroxyl groups excluding tert-OH is 3. The first kappa shape index (κ1) is 20.9. The summed E-state index contributed by atoms with van der Waals surface area (Å²) in [7, 11) is 0. The van der Waals surface area contributed by atoms with Crippen LogP contribution >= 0.6 is 0 Å². The molecule has 3 aromatic rings. The fourth-order valence-corrected chi connectivity index (χ4v) is 3.71. The molecule has 31 heavy (non-hydrogen) atoms. The van der Waals surface area contributed by atoms with Gasteiger partial charge in [-0.3, -0.25) is 4.79 Å². The van der Waals surface area contributed by atoms with E-state index < -0.39 is 53.2 Å². The van der Waals surface area contributed by atoms with Gasteiger partial charge in [0.25, 0.3) is 0 Å². The van der Waals surface area contributed by atoms with Crippen molar-refractivity contribution in [2.75, 3.05) is 0 Å². The molecule has 1 aliphatic rings. The average molecular weight is 432 g/mol. The largest absolute Gasteiger partial charge is 0.507 e. The normalized spacial score (nSPS) is 26.3. The molecule has 0 amide bonds. The number of phenolic OH excluding ortho intramolecular Hbond substituents is 4. The number of ether oxygens (including phenoxy) is 1. The minimum absolute atomic E-state index is 0.0713. The van der Waals surface area contributed by atoms with E-state index in [2.05, 4.69) is 0 Å². The Kier molecular flexibility index (Phi) is 5.02. The Bertz CT molecular complexity index is 1220. The first-order chi connectivity index (χ1) is 14.6. The Morgan fingerprint density at radius 1 is 0.806 bits per heavy atom. The van der Waals surface area contributed by atoms with Gasteiger partial charge in [-0.25, -0.2) is 0 Å². The number of aliphatic hydroxyl groups is 3. The molecule has 1 aromatic heterocycles.